The van der Waals surface area contributed by atoms with E-state index in [0.29, 0.717) is 31.6 Å². The quantitative estimate of drug-likeness (QED) is 0.866. The molecule has 2 fully saturated rings. The van der Waals surface area contributed by atoms with Crippen LogP contribution in [-0.4, -0.2) is 60.4 Å². The summed E-state index contributed by atoms with van der Waals surface area (Å²) in [6, 6.07) is 8.32. The van der Waals surface area contributed by atoms with Gasteiger partial charge in [0.05, 0.1) is 6.54 Å². The molecule has 27 heavy (non-hydrogen) atoms. The number of nitrogens with zero attached hydrogens (tertiary/aromatic N) is 2. The molecule has 1 saturated heterocycles. The number of rotatable bonds is 5. The Morgan fingerprint density at radius 2 is 1.63 bits per heavy atom. The summed E-state index contributed by atoms with van der Waals surface area (Å²) in [6.45, 7) is 7.63. The highest BCUT2D eigenvalue weighted by Gasteiger charge is 2.24. The van der Waals surface area contributed by atoms with Crippen molar-refractivity contribution in [1.82, 2.24) is 15.1 Å². The number of carbonyl (C=O) groups excluding carboxylic acids is 2. The van der Waals surface area contributed by atoms with Crippen LogP contribution in [0.1, 0.15) is 67.8 Å². The highest BCUT2D eigenvalue weighted by atomic mass is 16.2. The van der Waals surface area contributed by atoms with Crippen molar-refractivity contribution in [2.24, 2.45) is 0 Å². The maximum Gasteiger partial charge on any atom is 0.253 e. The van der Waals surface area contributed by atoms with Crippen molar-refractivity contribution in [3.8, 4) is 0 Å². The third-order valence-electron chi connectivity index (χ3n) is 5.82. The van der Waals surface area contributed by atoms with Crippen LogP contribution >= 0.6 is 0 Å². The molecular formula is C22H33N3O2. The Kier molecular flexibility index (Phi) is 6.89. The molecule has 0 spiro atoms. The van der Waals surface area contributed by atoms with Crippen molar-refractivity contribution < 1.29 is 9.59 Å². The molecule has 3 rings (SSSR count). The molecule has 148 valence electrons. The third kappa shape index (κ3) is 5.55. The Labute approximate surface area is 163 Å². The minimum Gasteiger partial charge on any atom is -0.352 e. The van der Waals surface area contributed by atoms with Crippen molar-refractivity contribution in [3.05, 3.63) is 35.4 Å². The molecule has 1 N–H and O–H groups in total. The second-order valence-corrected chi connectivity index (χ2v) is 8.25. The van der Waals surface area contributed by atoms with Crippen LogP contribution in [0.2, 0.25) is 0 Å². The van der Waals surface area contributed by atoms with Crippen molar-refractivity contribution in [2.75, 3.05) is 32.7 Å². The van der Waals surface area contributed by atoms with Gasteiger partial charge in [-0.15, -0.1) is 0 Å². The van der Waals surface area contributed by atoms with Crippen LogP contribution in [0.4, 0.5) is 0 Å². The zero-order valence-corrected chi connectivity index (χ0v) is 16.7. The lowest BCUT2D eigenvalue weighted by atomic mass is 9.95. The Bertz CT molecular complexity index is 627. The Morgan fingerprint density at radius 3 is 2.22 bits per heavy atom. The normalized spacial score (nSPS) is 19.3. The fourth-order valence-corrected chi connectivity index (χ4v) is 4.03. The smallest absolute Gasteiger partial charge is 0.253 e. The lowest BCUT2D eigenvalue weighted by Gasteiger charge is -2.34. The number of hydrogen-bond acceptors (Lipinski definition) is 3. The standard InChI is InChI=1S/C22H33N3O2/c1-17(2)18-8-10-19(11-9-18)22(27)25-14-12-24(13-15-25)16-21(26)23-20-6-4-3-5-7-20/h8-11,17,20H,3-7,12-16H2,1-2H3,(H,23,26). The zero-order chi connectivity index (χ0) is 19.2. The second-order valence-electron chi connectivity index (χ2n) is 8.25. The molecule has 0 bridgehead atoms. The topological polar surface area (TPSA) is 52.7 Å². The van der Waals surface area contributed by atoms with E-state index in [9.17, 15) is 9.59 Å². The molecule has 1 saturated carbocycles. The molecule has 1 aromatic rings. The van der Waals surface area contributed by atoms with E-state index in [2.05, 4.69) is 24.1 Å². The first kappa shape index (κ1) is 19.9. The van der Waals surface area contributed by atoms with E-state index in [1.54, 1.807) is 0 Å². The molecule has 0 atom stereocenters. The van der Waals surface area contributed by atoms with Gasteiger partial charge in [0.1, 0.15) is 0 Å². The number of hydrogen-bond donors (Lipinski definition) is 1. The predicted octanol–water partition coefficient (Wildman–Crippen LogP) is 3.02. The van der Waals surface area contributed by atoms with Gasteiger partial charge in [-0.3, -0.25) is 14.5 Å². The Morgan fingerprint density at radius 1 is 1.00 bits per heavy atom. The highest BCUT2D eigenvalue weighted by Crippen LogP contribution is 2.18. The summed E-state index contributed by atoms with van der Waals surface area (Å²) in [5.41, 5.74) is 2.00. The molecule has 0 radical (unpaired) electrons. The molecule has 2 aliphatic rings. The van der Waals surface area contributed by atoms with Crippen LogP contribution in [0.25, 0.3) is 0 Å². The van der Waals surface area contributed by atoms with Gasteiger partial charge in [-0.1, -0.05) is 45.2 Å². The molecule has 5 heteroatoms. The van der Waals surface area contributed by atoms with E-state index >= 15 is 0 Å². The van der Waals surface area contributed by atoms with Crippen LogP contribution in [0.5, 0.6) is 0 Å². The van der Waals surface area contributed by atoms with Gasteiger partial charge in [0.25, 0.3) is 5.91 Å². The summed E-state index contributed by atoms with van der Waals surface area (Å²) in [4.78, 5) is 29.0. The summed E-state index contributed by atoms with van der Waals surface area (Å²) in [5.74, 6) is 0.694. The first-order chi connectivity index (χ1) is 13.0. The zero-order valence-electron chi connectivity index (χ0n) is 16.7. The lowest BCUT2D eigenvalue weighted by molar-refractivity contribution is -0.123. The molecule has 1 aliphatic heterocycles. The number of nitrogens with one attached hydrogen (secondary N) is 1. The fraction of sp³-hybridized carbons (Fsp3) is 0.636. The number of carbonyl (C=O) groups is 2. The molecule has 1 heterocycles. The Balaban J connectivity index is 1.43. The third-order valence-corrected chi connectivity index (χ3v) is 5.82. The minimum atomic E-state index is 0.0941. The minimum absolute atomic E-state index is 0.0941. The van der Waals surface area contributed by atoms with Gasteiger partial charge in [-0.25, -0.2) is 0 Å². The van der Waals surface area contributed by atoms with Crippen LogP contribution in [0.15, 0.2) is 24.3 Å². The summed E-state index contributed by atoms with van der Waals surface area (Å²) in [7, 11) is 0. The van der Waals surface area contributed by atoms with Crippen molar-refractivity contribution in [1.29, 1.82) is 0 Å². The van der Waals surface area contributed by atoms with E-state index in [1.807, 2.05) is 29.2 Å². The van der Waals surface area contributed by atoms with Gasteiger partial charge in [-0.2, -0.15) is 0 Å². The van der Waals surface area contributed by atoms with Gasteiger partial charge in [0.2, 0.25) is 5.91 Å². The maximum absolute atomic E-state index is 12.7. The number of benzene rings is 1. The van der Waals surface area contributed by atoms with Crippen molar-refractivity contribution >= 4 is 11.8 Å². The van der Waals surface area contributed by atoms with Gasteiger partial charge in [0.15, 0.2) is 0 Å². The molecule has 2 amide bonds. The van der Waals surface area contributed by atoms with Gasteiger partial charge >= 0.3 is 0 Å². The predicted molar refractivity (Wildman–Crippen MR) is 108 cm³/mol. The number of piperazine rings is 1. The second kappa shape index (κ2) is 9.36. The fourth-order valence-electron chi connectivity index (χ4n) is 4.03. The first-order valence-electron chi connectivity index (χ1n) is 10.4. The van der Waals surface area contributed by atoms with E-state index < -0.39 is 0 Å². The summed E-state index contributed by atoms with van der Waals surface area (Å²) < 4.78 is 0. The molecule has 0 unspecified atom stereocenters. The largest absolute Gasteiger partial charge is 0.352 e. The van der Waals surface area contributed by atoms with E-state index in [1.165, 1.54) is 24.8 Å². The van der Waals surface area contributed by atoms with Gasteiger partial charge in [-0.05, 0) is 36.5 Å². The van der Waals surface area contributed by atoms with E-state index in [4.69, 9.17) is 0 Å². The Hall–Kier alpha value is -1.88. The first-order valence-corrected chi connectivity index (χ1v) is 10.4. The van der Waals surface area contributed by atoms with E-state index in [-0.39, 0.29) is 11.8 Å². The van der Waals surface area contributed by atoms with Crippen LogP contribution in [0, 0.1) is 0 Å². The maximum atomic E-state index is 12.7. The average molecular weight is 372 g/mol. The summed E-state index contributed by atoms with van der Waals surface area (Å²) in [6.07, 6.45) is 5.98. The van der Waals surface area contributed by atoms with Crippen LogP contribution < -0.4 is 5.32 Å². The summed E-state index contributed by atoms with van der Waals surface area (Å²) in [5, 5.41) is 3.18. The average Bonchev–Trinajstić information content (AvgIpc) is 2.69. The van der Waals surface area contributed by atoms with Crippen LogP contribution in [0.3, 0.4) is 0 Å². The van der Waals surface area contributed by atoms with Crippen LogP contribution in [-0.2, 0) is 4.79 Å². The van der Waals surface area contributed by atoms with Gasteiger partial charge in [0, 0.05) is 37.8 Å². The monoisotopic (exact) mass is 371 g/mol. The molecule has 0 aromatic heterocycles. The number of amides is 2. The SMILES string of the molecule is CC(C)c1ccc(C(=O)N2CCN(CC(=O)NC3CCCCC3)CC2)cc1. The molecule has 5 nitrogen and oxygen atoms in total. The summed E-state index contributed by atoms with van der Waals surface area (Å²) >= 11 is 0. The molecular weight excluding hydrogens is 338 g/mol. The van der Waals surface area contributed by atoms with Gasteiger partial charge < -0.3 is 10.2 Å². The molecule has 1 aliphatic carbocycles. The van der Waals surface area contributed by atoms with Crippen molar-refractivity contribution in [2.45, 2.75) is 57.9 Å². The highest BCUT2D eigenvalue weighted by molar-refractivity contribution is 5.94. The molecule has 1 aromatic carbocycles. The van der Waals surface area contributed by atoms with E-state index in [0.717, 1.165) is 31.5 Å². The lowest BCUT2D eigenvalue weighted by Crippen LogP contribution is -2.52. The van der Waals surface area contributed by atoms with Crippen molar-refractivity contribution in [3.63, 3.8) is 0 Å².